The molecular weight excluding hydrogens is 414 g/mol. The molecule has 0 aliphatic rings. The van der Waals surface area contributed by atoms with Gasteiger partial charge in [-0.25, -0.2) is 4.79 Å². The SMILES string of the molecule is CC(C)CC(NC(=O)C(CO)NC(=O)C(N)CCCCN)C(=O)NC(CS)C(=O)O. The Morgan fingerprint density at radius 2 is 1.47 bits per heavy atom. The number of aliphatic hydroxyl groups is 1. The standard InChI is InChI=1S/C18H35N5O6S/c1-10(2)7-12(16(26)23-14(9-30)18(28)29)21-17(27)13(8-24)22-15(25)11(20)5-3-4-6-19/h10-14,24,30H,3-9,19-20H2,1-2H3,(H,21,27)(H,22,25)(H,23,26)(H,28,29). The first kappa shape index (κ1) is 28.1. The molecule has 9 N–H and O–H groups in total. The Labute approximate surface area is 182 Å². The number of carboxylic acids is 1. The number of thiol groups is 1. The first-order valence-corrected chi connectivity index (χ1v) is 10.5. The number of rotatable bonds is 15. The van der Waals surface area contributed by atoms with Crippen LogP contribution in [0.15, 0.2) is 0 Å². The van der Waals surface area contributed by atoms with Gasteiger partial charge in [-0.1, -0.05) is 20.3 Å². The van der Waals surface area contributed by atoms with E-state index in [1.54, 1.807) is 0 Å². The lowest BCUT2D eigenvalue weighted by molar-refractivity contribution is -0.141. The highest BCUT2D eigenvalue weighted by atomic mass is 32.1. The van der Waals surface area contributed by atoms with Crippen molar-refractivity contribution < 1.29 is 29.4 Å². The molecule has 0 rings (SSSR count). The molecule has 11 nitrogen and oxygen atoms in total. The summed E-state index contributed by atoms with van der Waals surface area (Å²) >= 11 is 3.89. The fraction of sp³-hybridized carbons (Fsp3) is 0.778. The Bertz CT molecular complexity index is 577. The summed E-state index contributed by atoms with van der Waals surface area (Å²) in [5, 5.41) is 25.7. The Morgan fingerprint density at radius 1 is 0.933 bits per heavy atom. The normalized spacial score (nSPS) is 15.0. The maximum absolute atomic E-state index is 12.5. The van der Waals surface area contributed by atoms with Crippen LogP contribution in [0.25, 0.3) is 0 Å². The zero-order valence-corrected chi connectivity index (χ0v) is 18.4. The molecule has 4 unspecified atom stereocenters. The number of carbonyl (C=O) groups excluding carboxylic acids is 3. The number of hydrogen-bond acceptors (Lipinski definition) is 8. The summed E-state index contributed by atoms with van der Waals surface area (Å²) in [7, 11) is 0. The van der Waals surface area contributed by atoms with Crippen molar-refractivity contribution in [2.75, 3.05) is 18.9 Å². The molecule has 0 saturated heterocycles. The van der Waals surface area contributed by atoms with Gasteiger partial charge in [0, 0.05) is 5.75 Å². The van der Waals surface area contributed by atoms with E-state index in [-0.39, 0.29) is 18.1 Å². The smallest absolute Gasteiger partial charge is 0.327 e. The molecule has 3 amide bonds. The molecule has 0 aromatic rings. The van der Waals surface area contributed by atoms with Crippen molar-refractivity contribution in [1.82, 2.24) is 16.0 Å². The summed E-state index contributed by atoms with van der Waals surface area (Å²) in [6, 6.07) is -4.43. The highest BCUT2D eigenvalue weighted by Gasteiger charge is 2.30. The van der Waals surface area contributed by atoms with Gasteiger partial charge in [0.25, 0.3) is 0 Å². The Morgan fingerprint density at radius 3 is 1.93 bits per heavy atom. The monoisotopic (exact) mass is 449 g/mol. The minimum atomic E-state index is -1.30. The molecule has 0 spiro atoms. The van der Waals surface area contributed by atoms with Crippen LogP contribution in [0.2, 0.25) is 0 Å². The van der Waals surface area contributed by atoms with Gasteiger partial charge >= 0.3 is 5.97 Å². The Hall–Kier alpha value is -1.89. The summed E-state index contributed by atoms with van der Waals surface area (Å²) in [6.45, 7) is 3.43. The van der Waals surface area contributed by atoms with Crippen LogP contribution in [0.5, 0.6) is 0 Å². The van der Waals surface area contributed by atoms with Crippen LogP contribution in [0.4, 0.5) is 0 Å². The van der Waals surface area contributed by atoms with Crippen molar-refractivity contribution in [3.63, 3.8) is 0 Å². The summed E-state index contributed by atoms with van der Waals surface area (Å²) in [6.07, 6.45) is 1.96. The van der Waals surface area contributed by atoms with Crippen LogP contribution in [-0.2, 0) is 19.2 Å². The minimum absolute atomic E-state index is 0.00142. The molecule has 0 aromatic heterocycles. The number of carbonyl (C=O) groups is 4. The maximum Gasteiger partial charge on any atom is 0.327 e. The molecule has 12 heteroatoms. The quantitative estimate of drug-likeness (QED) is 0.103. The topological polar surface area (TPSA) is 197 Å². The first-order chi connectivity index (χ1) is 14.1. The molecule has 0 radical (unpaired) electrons. The second kappa shape index (κ2) is 15.0. The molecule has 4 atom stereocenters. The Balaban J connectivity index is 5.06. The van der Waals surface area contributed by atoms with Crippen molar-refractivity contribution in [3.05, 3.63) is 0 Å². The lowest BCUT2D eigenvalue weighted by Crippen LogP contribution is -2.58. The second-order valence-electron chi connectivity index (χ2n) is 7.41. The van der Waals surface area contributed by atoms with E-state index in [4.69, 9.17) is 16.6 Å². The average molecular weight is 450 g/mol. The van der Waals surface area contributed by atoms with E-state index in [1.807, 2.05) is 13.8 Å². The van der Waals surface area contributed by atoms with Crippen LogP contribution in [0, 0.1) is 5.92 Å². The zero-order valence-electron chi connectivity index (χ0n) is 17.5. The van der Waals surface area contributed by atoms with E-state index in [9.17, 15) is 24.3 Å². The lowest BCUT2D eigenvalue weighted by atomic mass is 10.0. The van der Waals surface area contributed by atoms with E-state index < -0.39 is 54.5 Å². The van der Waals surface area contributed by atoms with E-state index >= 15 is 0 Å². The van der Waals surface area contributed by atoms with Crippen LogP contribution in [0.1, 0.15) is 39.5 Å². The van der Waals surface area contributed by atoms with E-state index in [2.05, 4.69) is 28.6 Å². The van der Waals surface area contributed by atoms with Crippen molar-refractivity contribution >= 4 is 36.3 Å². The zero-order chi connectivity index (χ0) is 23.3. The lowest BCUT2D eigenvalue weighted by Gasteiger charge is -2.25. The number of hydrogen-bond donors (Lipinski definition) is 8. The first-order valence-electron chi connectivity index (χ1n) is 9.88. The van der Waals surface area contributed by atoms with Crippen LogP contribution >= 0.6 is 12.6 Å². The summed E-state index contributed by atoms with van der Waals surface area (Å²) in [4.78, 5) is 48.3. The number of nitrogens with one attached hydrogen (secondary N) is 3. The number of nitrogens with two attached hydrogens (primary N) is 2. The van der Waals surface area contributed by atoms with Gasteiger partial charge in [0.2, 0.25) is 17.7 Å². The molecule has 0 saturated carbocycles. The van der Waals surface area contributed by atoms with E-state index in [0.29, 0.717) is 25.8 Å². The van der Waals surface area contributed by atoms with Gasteiger partial charge in [-0.3, -0.25) is 14.4 Å². The molecule has 0 aliphatic carbocycles. The van der Waals surface area contributed by atoms with Gasteiger partial charge in [-0.05, 0) is 31.7 Å². The second-order valence-corrected chi connectivity index (χ2v) is 7.77. The molecule has 0 aromatic carbocycles. The number of aliphatic carboxylic acids is 1. The van der Waals surface area contributed by atoms with Crippen LogP contribution in [-0.4, -0.2) is 77.0 Å². The van der Waals surface area contributed by atoms with Gasteiger partial charge < -0.3 is 37.6 Å². The number of unbranched alkanes of at least 4 members (excludes halogenated alkanes) is 1. The van der Waals surface area contributed by atoms with Gasteiger partial charge in [0.1, 0.15) is 18.1 Å². The minimum Gasteiger partial charge on any atom is -0.480 e. The third-order valence-electron chi connectivity index (χ3n) is 4.26. The van der Waals surface area contributed by atoms with E-state index in [0.717, 1.165) is 0 Å². The summed E-state index contributed by atoms with van der Waals surface area (Å²) < 4.78 is 0. The molecule has 0 aliphatic heterocycles. The van der Waals surface area contributed by atoms with Crippen molar-refractivity contribution in [2.45, 2.75) is 63.7 Å². The van der Waals surface area contributed by atoms with E-state index in [1.165, 1.54) is 0 Å². The Kier molecular flexibility index (Phi) is 14.0. The van der Waals surface area contributed by atoms with Gasteiger partial charge in [-0.2, -0.15) is 12.6 Å². The fourth-order valence-electron chi connectivity index (χ4n) is 2.55. The summed E-state index contributed by atoms with van der Waals surface area (Å²) in [5.41, 5.74) is 11.2. The molecular formula is C18H35N5O6S. The highest BCUT2D eigenvalue weighted by molar-refractivity contribution is 7.80. The van der Waals surface area contributed by atoms with Crippen LogP contribution in [0.3, 0.4) is 0 Å². The largest absolute Gasteiger partial charge is 0.480 e. The molecule has 30 heavy (non-hydrogen) atoms. The molecule has 0 fully saturated rings. The highest BCUT2D eigenvalue weighted by Crippen LogP contribution is 2.07. The van der Waals surface area contributed by atoms with Crippen molar-refractivity contribution in [2.24, 2.45) is 17.4 Å². The van der Waals surface area contributed by atoms with Gasteiger partial charge in [0.05, 0.1) is 12.6 Å². The van der Waals surface area contributed by atoms with Gasteiger partial charge in [0.15, 0.2) is 0 Å². The average Bonchev–Trinajstić information content (AvgIpc) is 2.68. The molecule has 0 bridgehead atoms. The third kappa shape index (κ3) is 10.8. The third-order valence-corrected chi connectivity index (χ3v) is 4.62. The fourth-order valence-corrected chi connectivity index (χ4v) is 2.79. The van der Waals surface area contributed by atoms with Gasteiger partial charge in [-0.15, -0.1) is 0 Å². The molecule has 174 valence electrons. The van der Waals surface area contributed by atoms with Crippen molar-refractivity contribution in [1.29, 1.82) is 0 Å². The number of carboxylic acid groups (broad SMARTS) is 1. The molecule has 0 heterocycles. The number of aliphatic hydroxyl groups excluding tert-OH is 1. The summed E-state index contributed by atoms with van der Waals surface area (Å²) in [5.74, 6) is -3.46. The number of amides is 3. The van der Waals surface area contributed by atoms with Crippen molar-refractivity contribution in [3.8, 4) is 0 Å². The predicted octanol–water partition coefficient (Wildman–Crippen LogP) is -2.05. The maximum atomic E-state index is 12.5. The van der Waals surface area contributed by atoms with Crippen LogP contribution < -0.4 is 27.4 Å². The predicted molar refractivity (Wildman–Crippen MR) is 115 cm³/mol.